The van der Waals surface area contributed by atoms with Gasteiger partial charge in [0.15, 0.2) is 0 Å². The van der Waals surface area contributed by atoms with Crippen molar-refractivity contribution in [2.45, 2.75) is 37.9 Å². The minimum Gasteiger partial charge on any atom is -0.341 e. The normalized spacial score (nSPS) is 40.7. The molecule has 4 bridgehead atoms. The predicted octanol–water partition coefficient (Wildman–Crippen LogP) is 2.15. The van der Waals surface area contributed by atoms with E-state index in [1.807, 2.05) is 0 Å². The van der Waals surface area contributed by atoms with E-state index in [2.05, 4.69) is 4.18 Å². The van der Waals surface area contributed by atoms with Crippen LogP contribution in [0.4, 0.5) is 8.78 Å². The van der Waals surface area contributed by atoms with Gasteiger partial charge in [-0.25, -0.2) is 0 Å². The van der Waals surface area contributed by atoms with Crippen molar-refractivity contribution in [2.24, 2.45) is 29.6 Å². The monoisotopic (exact) mass is 294 g/mol. The zero-order valence-corrected chi connectivity index (χ0v) is 11.1. The molecule has 0 amide bonds. The van der Waals surface area contributed by atoms with E-state index in [1.165, 1.54) is 6.42 Å². The van der Waals surface area contributed by atoms with Crippen LogP contribution in [0.25, 0.3) is 0 Å². The van der Waals surface area contributed by atoms with E-state index in [1.54, 1.807) is 0 Å². The van der Waals surface area contributed by atoms with Gasteiger partial charge in [-0.05, 0) is 55.8 Å². The predicted molar refractivity (Wildman–Crippen MR) is 61.6 cm³/mol. The van der Waals surface area contributed by atoms with Crippen LogP contribution in [0.2, 0.25) is 0 Å². The van der Waals surface area contributed by atoms with Crippen LogP contribution in [-0.2, 0) is 19.1 Å². The maximum atomic E-state index is 12.2. The third-order valence-electron chi connectivity index (χ3n) is 4.92. The Labute approximate surface area is 110 Å². The Morgan fingerprint density at radius 1 is 1.00 bits per heavy atom. The zero-order valence-electron chi connectivity index (χ0n) is 10.3. The van der Waals surface area contributed by atoms with Crippen LogP contribution in [0, 0.1) is 29.6 Å². The first kappa shape index (κ1) is 13.3. The second-order valence-electron chi connectivity index (χ2n) is 6.11. The van der Waals surface area contributed by atoms with E-state index in [0.717, 1.165) is 25.7 Å². The summed E-state index contributed by atoms with van der Waals surface area (Å²) in [6.45, 7) is 0. The Balaban J connectivity index is 1.74. The zero-order chi connectivity index (χ0) is 13.8. The van der Waals surface area contributed by atoms with Crippen molar-refractivity contribution in [1.82, 2.24) is 0 Å². The quantitative estimate of drug-likeness (QED) is 0.748. The Morgan fingerprint density at radius 3 is 1.89 bits per heavy atom. The summed E-state index contributed by atoms with van der Waals surface area (Å²) in [4.78, 5) is 11.9. The molecule has 4 saturated carbocycles. The summed E-state index contributed by atoms with van der Waals surface area (Å²) in [5, 5.41) is 0. The summed E-state index contributed by atoms with van der Waals surface area (Å²) < 4.78 is 50.5. The molecule has 0 aromatic rings. The molecule has 4 aliphatic carbocycles. The van der Waals surface area contributed by atoms with Gasteiger partial charge in [0.1, 0.15) is 0 Å². The molecule has 0 aromatic heterocycles. The minimum atomic E-state index is -5.06. The van der Waals surface area contributed by atoms with E-state index in [9.17, 15) is 22.0 Å². The number of hydrogen-bond acceptors (Lipinski definition) is 4. The molecule has 0 atom stereocenters. The molecule has 0 heterocycles. The third kappa shape index (κ3) is 2.26. The molecule has 4 nitrogen and oxygen atoms in total. The fourth-order valence-corrected chi connectivity index (χ4v) is 4.93. The highest BCUT2D eigenvalue weighted by Crippen LogP contribution is 2.56. The van der Waals surface area contributed by atoms with Gasteiger partial charge in [-0.3, -0.25) is 4.79 Å². The molecule has 4 rings (SSSR count). The smallest absolute Gasteiger partial charge is 0.341 e. The Hall–Kier alpha value is -0.720. The fraction of sp³-hybridized carbons (Fsp3) is 0.917. The van der Waals surface area contributed by atoms with Crippen molar-refractivity contribution in [3.05, 3.63) is 0 Å². The number of halogens is 2. The lowest BCUT2D eigenvalue weighted by Crippen LogP contribution is -2.48. The van der Waals surface area contributed by atoms with Gasteiger partial charge >= 0.3 is 21.8 Å². The second-order valence-corrected chi connectivity index (χ2v) is 7.62. The first-order valence-corrected chi connectivity index (χ1v) is 8.09. The molecule has 0 unspecified atom stereocenters. The summed E-state index contributed by atoms with van der Waals surface area (Å²) in [6.07, 6.45) is 4.82. The van der Waals surface area contributed by atoms with E-state index < -0.39 is 27.8 Å². The molecule has 0 spiro atoms. The van der Waals surface area contributed by atoms with E-state index >= 15 is 0 Å². The third-order valence-corrected chi connectivity index (χ3v) is 5.75. The van der Waals surface area contributed by atoms with Crippen molar-refractivity contribution in [3.8, 4) is 0 Å². The lowest BCUT2D eigenvalue weighted by Gasteiger charge is -2.53. The Bertz CT molecular complexity index is 460. The molecular formula is C12H16F2O4S. The van der Waals surface area contributed by atoms with Crippen LogP contribution < -0.4 is 0 Å². The van der Waals surface area contributed by atoms with Gasteiger partial charge in [0.25, 0.3) is 0 Å². The van der Waals surface area contributed by atoms with Gasteiger partial charge in [-0.2, -0.15) is 17.2 Å². The van der Waals surface area contributed by atoms with Crippen molar-refractivity contribution < 1.29 is 26.2 Å². The summed E-state index contributed by atoms with van der Waals surface area (Å²) in [6, 6.07) is 0. The van der Waals surface area contributed by atoms with Gasteiger partial charge < -0.3 is 4.18 Å². The molecule has 0 aliphatic heterocycles. The van der Waals surface area contributed by atoms with Gasteiger partial charge in [-0.15, -0.1) is 0 Å². The van der Waals surface area contributed by atoms with Crippen molar-refractivity contribution in [2.75, 3.05) is 0 Å². The average molecular weight is 294 g/mol. The van der Waals surface area contributed by atoms with E-state index in [0.29, 0.717) is 11.8 Å². The summed E-state index contributed by atoms with van der Waals surface area (Å²) in [7, 11) is -5.06. The molecule has 0 aromatic carbocycles. The first-order chi connectivity index (χ1) is 8.87. The molecule has 0 N–H and O–H groups in total. The summed E-state index contributed by atoms with van der Waals surface area (Å²) in [5.74, 6) is -3.63. The molecule has 108 valence electrons. The van der Waals surface area contributed by atoms with Crippen LogP contribution in [0.15, 0.2) is 0 Å². The number of carbonyl (C=O) groups is 1. The van der Waals surface area contributed by atoms with Crippen molar-refractivity contribution >= 4 is 16.1 Å². The average Bonchev–Trinajstić information content (AvgIpc) is 2.26. The SMILES string of the molecule is O=C(OS(=O)(=O)C(F)F)C1C2CC3CC(C2)CC1C3. The van der Waals surface area contributed by atoms with Crippen molar-refractivity contribution in [3.63, 3.8) is 0 Å². The number of rotatable bonds is 3. The fourth-order valence-electron chi connectivity index (χ4n) is 4.52. The maximum Gasteiger partial charge on any atom is 0.375 e. The lowest BCUT2D eigenvalue weighted by atomic mass is 9.52. The highest BCUT2D eigenvalue weighted by molar-refractivity contribution is 7.87. The number of alkyl halides is 2. The lowest BCUT2D eigenvalue weighted by molar-refractivity contribution is -0.152. The second kappa shape index (κ2) is 4.40. The van der Waals surface area contributed by atoms with Crippen LogP contribution >= 0.6 is 0 Å². The van der Waals surface area contributed by atoms with Gasteiger partial charge in [0, 0.05) is 0 Å². The van der Waals surface area contributed by atoms with Crippen molar-refractivity contribution in [1.29, 1.82) is 0 Å². The highest BCUT2D eigenvalue weighted by Gasteiger charge is 2.52. The molecule has 4 aliphatic rings. The standard InChI is InChI=1S/C12H16F2O4S/c13-12(14)19(16,17)18-11(15)10-8-2-6-1-7(4-8)5-9(10)3-6/h6-10,12H,1-5H2. The Kier molecular flexibility index (Phi) is 3.07. The highest BCUT2D eigenvalue weighted by atomic mass is 32.2. The van der Waals surface area contributed by atoms with Gasteiger partial charge in [-0.1, -0.05) is 0 Å². The number of hydrogen-bond donors (Lipinski definition) is 0. The molecule has 7 heteroatoms. The largest absolute Gasteiger partial charge is 0.375 e. The molecular weight excluding hydrogens is 278 g/mol. The Morgan fingerprint density at radius 2 is 1.47 bits per heavy atom. The molecule has 0 radical (unpaired) electrons. The first-order valence-electron chi connectivity index (χ1n) is 6.62. The molecule has 0 saturated heterocycles. The minimum absolute atomic E-state index is 0.122. The van der Waals surface area contributed by atoms with Crippen LogP contribution in [0.1, 0.15) is 32.1 Å². The topological polar surface area (TPSA) is 60.4 Å². The summed E-state index contributed by atoms with van der Waals surface area (Å²) >= 11 is 0. The molecule has 4 fully saturated rings. The molecule has 19 heavy (non-hydrogen) atoms. The maximum absolute atomic E-state index is 12.2. The van der Waals surface area contributed by atoms with Gasteiger partial charge in [0.05, 0.1) is 5.92 Å². The van der Waals surface area contributed by atoms with E-state index in [-0.39, 0.29) is 11.8 Å². The summed E-state index contributed by atoms with van der Waals surface area (Å²) in [5.41, 5.74) is 0. The van der Waals surface area contributed by atoms with E-state index in [4.69, 9.17) is 0 Å². The van der Waals surface area contributed by atoms with Crippen LogP contribution in [0.3, 0.4) is 0 Å². The van der Waals surface area contributed by atoms with Crippen LogP contribution in [0.5, 0.6) is 0 Å². The van der Waals surface area contributed by atoms with Gasteiger partial charge in [0.2, 0.25) is 0 Å². The van der Waals surface area contributed by atoms with Crippen LogP contribution in [-0.4, -0.2) is 20.1 Å². The number of carbonyl (C=O) groups excluding carboxylic acids is 1.